The number of benzene rings is 1. The second kappa shape index (κ2) is 6.39. The van der Waals surface area contributed by atoms with Gasteiger partial charge in [0.25, 0.3) is 0 Å². The number of rotatable bonds is 3. The lowest BCUT2D eigenvalue weighted by Crippen LogP contribution is -2.62. The molecule has 6 nitrogen and oxygen atoms in total. The van der Waals surface area contributed by atoms with Crippen molar-refractivity contribution in [2.45, 2.75) is 43.9 Å². The van der Waals surface area contributed by atoms with E-state index >= 15 is 0 Å². The molecule has 1 aromatic rings. The van der Waals surface area contributed by atoms with Gasteiger partial charge in [0.1, 0.15) is 24.4 Å². The molecule has 21 heavy (non-hydrogen) atoms. The quantitative estimate of drug-likeness (QED) is 0.850. The van der Waals surface area contributed by atoms with Gasteiger partial charge in [-0.2, -0.15) is 0 Å². The van der Waals surface area contributed by atoms with Gasteiger partial charge in [-0.1, -0.05) is 30.3 Å². The first-order valence-corrected chi connectivity index (χ1v) is 7.16. The number of hydrogen-bond acceptors (Lipinski definition) is 6. The molecule has 0 bridgehead atoms. The van der Waals surface area contributed by atoms with E-state index in [1.807, 2.05) is 30.3 Å². The van der Waals surface area contributed by atoms with Crippen LogP contribution in [0.3, 0.4) is 0 Å². The molecule has 2 saturated heterocycles. The van der Waals surface area contributed by atoms with Crippen molar-refractivity contribution in [2.75, 3.05) is 13.2 Å². The molecule has 2 fully saturated rings. The number of ether oxygens (including phenoxy) is 4. The Morgan fingerprint density at radius 3 is 2.62 bits per heavy atom. The molecule has 0 radical (unpaired) electrons. The van der Waals surface area contributed by atoms with Crippen molar-refractivity contribution in [1.29, 1.82) is 0 Å². The van der Waals surface area contributed by atoms with Gasteiger partial charge in [-0.05, 0) is 6.92 Å². The predicted octanol–water partition coefficient (Wildman–Crippen LogP) is 0.584. The maximum absolute atomic E-state index is 10.2. The Hall–Kier alpha value is -1.02. The second-order valence-electron chi connectivity index (χ2n) is 5.16. The smallest absolute Gasteiger partial charge is 0.186 e. The fourth-order valence-electron chi connectivity index (χ4n) is 2.66. The van der Waals surface area contributed by atoms with Crippen LogP contribution in [0.1, 0.15) is 18.8 Å². The van der Waals surface area contributed by atoms with Crippen LogP contribution in [0.4, 0.5) is 0 Å². The van der Waals surface area contributed by atoms with Gasteiger partial charge in [0.2, 0.25) is 0 Å². The van der Waals surface area contributed by atoms with Gasteiger partial charge < -0.3 is 29.2 Å². The zero-order valence-electron chi connectivity index (χ0n) is 11.8. The van der Waals surface area contributed by atoms with E-state index in [1.54, 1.807) is 6.92 Å². The molecule has 0 amide bonds. The third-order valence-electron chi connectivity index (χ3n) is 3.74. The summed E-state index contributed by atoms with van der Waals surface area (Å²) >= 11 is 0. The standard InChI is InChI=1S/C15H20O6/c1-2-18-15-12(17)11(16)13-10(20-15)8-19-14(21-13)9-6-4-3-5-7-9/h3-7,10-17H,2,8H2,1H3/t10-,11-,12-,13+,14?,15?/m1/s1. The fourth-order valence-corrected chi connectivity index (χ4v) is 2.66. The van der Waals surface area contributed by atoms with Crippen LogP contribution in [-0.4, -0.2) is 54.1 Å². The molecular weight excluding hydrogens is 276 g/mol. The molecule has 116 valence electrons. The van der Waals surface area contributed by atoms with E-state index in [9.17, 15) is 10.2 Å². The summed E-state index contributed by atoms with van der Waals surface area (Å²) in [4.78, 5) is 0. The van der Waals surface area contributed by atoms with Gasteiger partial charge >= 0.3 is 0 Å². The molecule has 2 N–H and O–H groups in total. The zero-order chi connectivity index (χ0) is 14.8. The van der Waals surface area contributed by atoms with Crippen molar-refractivity contribution in [1.82, 2.24) is 0 Å². The minimum atomic E-state index is -1.14. The minimum Gasteiger partial charge on any atom is -0.387 e. The van der Waals surface area contributed by atoms with E-state index < -0.39 is 37.0 Å². The van der Waals surface area contributed by atoms with Crippen LogP contribution in [0.15, 0.2) is 30.3 Å². The summed E-state index contributed by atoms with van der Waals surface area (Å²) in [5, 5.41) is 20.3. The van der Waals surface area contributed by atoms with Crippen molar-refractivity contribution >= 4 is 0 Å². The highest BCUT2D eigenvalue weighted by atomic mass is 16.8. The fraction of sp³-hybridized carbons (Fsp3) is 0.600. The van der Waals surface area contributed by atoms with E-state index in [0.717, 1.165) is 5.56 Å². The van der Waals surface area contributed by atoms with Crippen LogP contribution in [0.25, 0.3) is 0 Å². The Morgan fingerprint density at radius 1 is 1.14 bits per heavy atom. The van der Waals surface area contributed by atoms with Crippen LogP contribution < -0.4 is 0 Å². The molecule has 2 unspecified atom stereocenters. The van der Waals surface area contributed by atoms with Crippen molar-refractivity contribution < 1.29 is 29.2 Å². The Balaban J connectivity index is 1.71. The second-order valence-corrected chi connectivity index (χ2v) is 5.16. The monoisotopic (exact) mass is 296 g/mol. The van der Waals surface area contributed by atoms with Crippen LogP contribution in [0.5, 0.6) is 0 Å². The average molecular weight is 296 g/mol. The predicted molar refractivity (Wildman–Crippen MR) is 72.3 cm³/mol. The van der Waals surface area contributed by atoms with E-state index in [-0.39, 0.29) is 6.61 Å². The van der Waals surface area contributed by atoms with Crippen LogP contribution >= 0.6 is 0 Å². The highest BCUT2D eigenvalue weighted by Gasteiger charge is 2.49. The van der Waals surface area contributed by atoms with Crippen LogP contribution in [0.2, 0.25) is 0 Å². The first-order valence-electron chi connectivity index (χ1n) is 7.16. The molecular formula is C15H20O6. The van der Waals surface area contributed by atoms with Crippen LogP contribution in [-0.2, 0) is 18.9 Å². The highest BCUT2D eigenvalue weighted by Crippen LogP contribution is 2.34. The average Bonchev–Trinajstić information content (AvgIpc) is 2.53. The van der Waals surface area contributed by atoms with Gasteiger partial charge in [-0.15, -0.1) is 0 Å². The van der Waals surface area contributed by atoms with Gasteiger partial charge in [0, 0.05) is 12.2 Å². The van der Waals surface area contributed by atoms with Crippen molar-refractivity contribution in [2.24, 2.45) is 0 Å². The zero-order valence-corrected chi connectivity index (χ0v) is 11.8. The van der Waals surface area contributed by atoms with Crippen LogP contribution in [0, 0.1) is 0 Å². The Bertz CT molecular complexity index is 451. The first-order chi connectivity index (χ1) is 10.2. The first kappa shape index (κ1) is 14.9. The van der Waals surface area contributed by atoms with Gasteiger partial charge in [-0.25, -0.2) is 0 Å². The largest absolute Gasteiger partial charge is 0.387 e. The summed E-state index contributed by atoms with van der Waals surface area (Å²) in [6.07, 6.45) is -4.74. The summed E-state index contributed by atoms with van der Waals surface area (Å²) in [5.74, 6) is 0. The van der Waals surface area contributed by atoms with Gasteiger partial charge in [0.15, 0.2) is 12.6 Å². The molecule has 6 atom stereocenters. The maximum atomic E-state index is 10.2. The Morgan fingerprint density at radius 2 is 1.90 bits per heavy atom. The van der Waals surface area contributed by atoms with Gasteiger partial charge in [0.05, 0.1) is 6.61 Å². The molecule has 2 aliphatic heterocycles. The third-order valence-corrected chi connectivity index (χ3v) is 3.74. The number of aliphatic hydroxyl groups excluding tert-OH is 2. The van der Waals surface area contributed by atoms with Crippen molar-refractivity contribution in [3.05, 3.63) is 35.9 Å². The van der Waals surface area contributed by atoms with E-state index in [0.29, 0.717) is 6.61 Å². The van der Waals surface area contributed by atoms with E-state index in [2.05, 4.69) is 0 Å². The summed E-state index contributed by atoms with van der Waals surface area (Å²) < 4.78 is 22.3. The van der Waals surface area contributed by atoms with E-state index in [1.165, 1.54) is 0 Å². The Labute approximate surface area is 123 Å². The normalized spacial score (nSPS) is 39.8. The maximum Gasteiger partial charge on any atom is 0.186 e. The number of hydrogen-bond donors (Lipinski definition) is 2. The Kier molecular flexibility index (Phi) is 4.54. The highest BCUT2D eigenvalue weighted by molar-refractivity contribution is 5.16. The van der Waals surface area contributed by atoms with E-state index in [4.69, 9.17) is 18.9 Å². The lowest BCUT2D eigenvalue weighted by molar-refractivity contribution is -0.360. The summed E-state index contributed by atoms with van der Waals surface area (Å²) in [6, 6.07) is 9.47. The lowest BCUT2D eigenvalue weighted by Gasteiger charge is -2.46. The molecule has 6 heteroatoms. The summed E-state index contributed by atoms with van der Waals surface area (Å²) in [7, 11) is 0. The molecule has 0 spiro atoms. The molecule has 3 rings (SSSR count). The van der Waals surface area contributed by atoms with Crippen molar-refractivity contribution in [3.8, 4) is 0 Å². The molecule has 2 heterocycles. The molecule has 0 aromatic heterocycles. The minimum absolute atomic E-state index is 0.275. The lowest BCUT2D eigenvalue weighted by atomic mass is 9.98. The third kappa shape index (κ3) is 2.96. The summed E-state index contributed by atoms with van der Waals surface area (Å²) in [6.45, 7) is 2.46. The number of aliphatic hydroxyl groups is 2. The number of fused-ring (bicyclic) bond motifs is 1. The van der Waals surface area contributed by atoms with Gasteiger partial charge in [-0.3, -0.25) is 0 Å². The van der Waals surface area contributed by atoms with Crippen molar-refractivity contribution in [3.63, 3.8) is 0 Å². The molecule has 0 aliphatic carbocycles. The molecule has 1 aromatic carbocycles. The topological polar surface area (TPSA) is 77.4 Å². The SMILES string of the molecule is CCOC1O[C@@H]2COC(c3ccccc3)O[C@@H]2[C@H](O)[C@H]1O. The molecule has 0 saturated carbocycles. The molecule has 2 aliphatic rings. The summed E-state index contributed by atoms with van der Waals surface area (Å²) in [5.41, 5.74) is 0.865.